The van der Waals surface area contributed by atoms with Gasteiger partial charge in [-0.25, -0.2) is 4.39 Å². The van der Waals surface area contributed by atoms with Gasteiger partial charge in [0.2, 0.25) is 0 Å². The molecule has 0 amide bonds. The van der Waals surface area contributed by atoms with Crippen LogP contribution in [0.25, 0.3) is 0 Å². The Hall–Kier alpha value is -1.45. The second kappa shape index (κ2) is 6.33. The van der Waals surface area contributed by atoms with Gasteiger partial charge in [-0.05, 0) is 62.2 Å². The van der Waals surface area contributed by atoms with Crippen molar-refractivity contribution in [3.63, 3.8) is 0 Å². The van der Waals surface area contributed by atoms with E-state index in [2.05, 4.69) is 16.4 Å². The third-order valence-electron chi connectivity index (χ3n) is 3.37. The van der Waals surface area contributed by atoms with E-state index in [9.17, 15) is 4.39 Å². The smallest absolute Gasteiger partial charge is 0.126 e. The largest absolute Gasteiger partial charge is 0.311 e. The average Bonchev–Trinajstić information content (AvgIpc) is 2.40. The molecule has 1 aromatic heterocycles. The molecule has 1 heterocycles. The van der Waals surface area contributed by atoms with Crippen LogP contribution in [0.3, 0.4) is 0 Å². The average molecular weight is 293 g/mol. The lowest BCUT2D eigenvalue weighted by atomic mass is 9.99. The first-order chi connectivity index (χ1) is 9.51. The van der Waals surface area contributed by atoms with Gasteiger partial charge in [0.1, 0.15) is 5.82 Å². The highest BCUT2D eigenvalue weighted by Crippen LogP contribution is 2.23. The lowest BCUT2D eigenvalue weighted by Gasteiger charge is -2.18. The fraction of sp³-hybridized carbons (Fsp3) is 0.312. The summed E-state index contributed by atoms with van der Waals surface area (Å²) < 4.78 is 13.8. The summed E-state index contributed by atoms with van der Waals surface area (Å²) in [6, 6.07) is 6.68. The molecule has 0 spiro atoms. The van der Waals surface area contributed by atoms with E-state index in [1.165, 1.54) is 6.07 Å². The molecular weight excluding hydrogens is 275 g/mol. The number of benzene rings is 1. The van der Waals surface area contributed by atoms with Crippen molar-refractivity contribution >= 4 is 11.6 Å². The molecule has 20 heavy (non-hydrogen) atoms. The first kappa shape index (κ1) is 14.9. The normalized spacial score (nSPS) is 12.4. The lowest BCUT2D eigenvalue weighted by molar-refractivity contribution is 0.542. The van der Waals surface area contributed by atoms with E-state index in [-0.39, 0.29) is 11.9 Å². The van der Waals surface area contributed by atoms with E-state index in [1.54, 1.807) is 12.1 Å². The maximum absolute atomic E-state index is 13.8. The highest BCUT2D eigenvalue weighted by atomic mass is 35.5. The van der Waals surface area contributed by atoms with Gasteiger partial charge in [-0.2, -0.15) is 0 Å². The van der Waals surface area contributed by atoms with Crippen molar-refractivity contribution in [1.29, 1.82) is 0 Å². The molecule has 2 aromatic rings. The molecule has 106 valence electrons. The highest BCUT2D eigenvalue weighted by Gasteiger charge is 2.16. The van der Waals surface area contributed by atoms with E-state index >= 15 is 0 Å². The van der Waals surface area contributed by atoms with Crippen molar-refractivity contribution in [2.24, 2.45) is 0 Å². The van der Waals surface area contributed by atoms with Gasteiger partial charge in [0.15, 0.2) is 0 Å². The van der Waals surface area contributed by atoms with Gasteiger partial charge in [0.05, 0.1) is 11.7 Å². The predicted molar refractivity (Wildman–Crippen MR) is 80.6 cm³/mol. The summed E-state index contributed by atoms with van der Waals surface area (Å²) in [5.74, 6) is -0.237. The molecule has 1 atom stereocenters. The van der Waals surface area contributed by atoms with Crippen LogP contribution in [-0.4, -0.2) is 12.0 Å². The third kappa shape index (κ3) is 3.35. The lowest BCUT2D eigenvalue weighted by Crippen LogP contribution is -2.21. The standard InChI is InChI=1S/C16H18ClFN2/c1-10-6-11(2)16(20-9-10)15(19-3)8-12-7-13(17)4-5-14(12)18/h4-7,9,15,19H,8H2,1-3H3. The summed E-state index contributed by atoms with van der Waals surface area (Å²) in [6.45, 7) is 4.03. The van der Waals surface area contributed by atoms with Gasteiger partial charge in [-0.3, -0.25) is 4.98 Å². The van der Waals surface area contributed by atoms with Gasteiger partial charge in [-0.1, -0.05) is 17.7 Å². The molecule has 1 aromatic carbocycles. The summed E-state index contributed by atoms with van der Waals surface area (Å²) in [7, 11) is 1.86. The number of nitrogens with one attached hydrogen (secondary N) is 1. The Bertz CT molecular complexity index is 613. The van der Waals surface area contributed by atoms with Gasteiger partial charge >= 0.3 is 0 Å². The van der Waals surface area contributed by atoms with Crippen molar-refractivity contribution < 1.29 is 4.39 Å². The van der Waals surface area contributed by atoms with E-state index in [4.69, 9.17) is 11.6 Å². The van der Waals surface area contributed by atoms with Crippen LogP contribution in [0.5, 0.6) is 0 Å². The molecule has 0 aliphatic carbocycles. The fourth-order valence-corrected chi connectivity index (χ4v) is 2.54. The minimum absolute atomic E-state index is 0.0384. The minimum Gasteiger partial charge on any atom is -0.311 e. The van der Waals surface area contributed by atoms with E-state index in [0.717, 1.165) is 16.8 Å². The molecule has 0 aliphatic rings. The molecule has 1 N–H and O–H groups in total. The number of aromatic nitrogens is 1. The Morgan fingerprint density at radius 2 is 2.05 bits per heavy atom. The molecule has 0 bridgehead atoms. The van der Waals surface area contributed by atoms with Crippen LogP contribution in [0, 0.1) is 19.7 Å². The van der Waals surface area contributed by atoms with Crippen molar-refractivity contribution in [3.05, 3.63) is 63.7 Å². The van der Waals surface area contributed by atoms with Crippen LogP contribution >= 0.6 is 11.6 Å². The SMILES string of the molecule is CNC(Cc1cc(Cl)ccc1F)c1ncc(C)cc1C. The van der Waals surface area contributed by atoms with Gasteiger partial charge in [0, 0.05) is 11.2 Å². The first-order valence-electron chi connectivity index (χ1n) is 6.55. The van der Waals surface area contributed by atoms with Crippen LogP contribution in [0.15, 0.2) is 30.5 Å². The third-order valence-corrected chi connectivity index (χ3v) is 3.60. The predicted octanol–water partition coefficient (Wildman–Crippen LogP) is 3.99. The molecule has 0 aliphatic heterocycles. The Labute approximate surface area is 124 Å². The molecule has 0 fully saturated rings. The second-order valence-electron chi connectivity index (χ2n) is 5.00. The summed E-state index contributed by atoms with van der Waals surface area (Å²) in [5.41, 5.74) is 3.76. The molecule has 2 rings (SSSR count). The number of hydrogen-bond acceptors (Lipinski definition) is 2. The highest BCUT2D eigenvalue weighted by molar-refractivity contribution is 6.30. The zero-order valence-corrected chi connectivity index (χ0v) is 12.6. The first-order valence-corrected chi connectivity index (χ1v) is 6.93. The quantitative estimate of drug-likeness (QED) is 0.921. The number of aryl methyl sites for hydroxylation is 2. The minimum atomic E-state index is -0.237. The molecule has 0 saturated heterocycles. The van der Waals surface area contributed by atoms with Gasteiger partial charge in [0.25, 0.3) is 0 Å². The number of nitrogens with zero attached hydrogens (tertiary/aromatic N) is 1. The zero-order chi connectivity index (χ0) is 14.7. The van der Waals surface area contributed by atoms with Crippen molar-refractivity contribution in [2.45, 2.75) is 26.3 Å². The molecule has 2 nitrogen and oxygen atoms in total. The Morgan fingerprint density at radius 3 is 2.70 bits per heavy atom. The van der Waals surface area contributed by atoms with E-state index in [1.807, 2.05) is 27.1 Å². The zero-order valence-electron chi connectivity index (χ0n) is 11.9. The van der Waals surface area contributed by atoms with Crippen molar-refractivity contribution in [1.82, 2.24) is 10.3 Å². The Balaban J connectivity index is 2.31. The summed E-state index contributed by atoms with van der Waals surface area (Å²) in [4.78, 5) is 4.48. The van der Waals surface area contributed by atoms with Crippen molar-refractivity contribution in [2.75, 3.05) is 7.05 Å². The summed E-state index contributed by atoms with van der Waals surface area (Å²) in [5, 5.41) is 3.75. The molecular formula is C16H18ClFN2. The molecule has 0 radical (unpaired) electrons. The maximum Gasteiger partial charge on any atom is 0.126 e. The fourth-order valence-electron chi connectivity index (χ4n) is 2.35. The van der Waals surface area contributed by atoms with Crippen LogP contribution in [0.4, 0.5) is 4.39 Å². The van der Waals surface area contributed by atoms with Gasteiger partial charge in [-0.15, -0.1) is 0 Å². The van der Waals surface area contributed by atoms with Crippen LogP contribution < -0.4 is 5.32 Å². The topological polar surface area (TPSA) is 24.9 Å². The van der Waals surface area contributed by atoms with E-state index in [0.29, 0.717) is 17.0 Å². The molecule has 4 heteroatoms. The van der Waals surface area contributed by atoms with Crippen LogP contribution in [-0.2, 0) is 6.42 Å². The summed E-state index contributed by atoms with van der Waals surface area (Å²) >= 11 is 5.94. The monoisotopic (exact) mass is 292 g/mol. The number of pyridine rings is 1. The number of rotatable bonds is 4. The molecule has 0 saturated carbocycles. The molecule has 1 unspecified atom stereocenters. The Morgan fingerprint density at radius 1 is 1.30 bits per heavy atom. The van der Waals surface area contributed by atoms with Crippen LogP contribution in [0.2, 0.25) is 5.02 Å². The van der Waals surface area contributed by atoms with Crippen LogP contribution in [0.1, 0.15) is 28.4 Å². The Kier molecular flexibility index (Phi) is 4.73. The number of likely N-dealkylation sites (N-methyl/N-ethyl adjacent to an activating group) is 1. The van der Waals surface area contributed by atoms with E-state index < -0.39 is 0 Å². The second-order valence-corrected chi connectivity index (χ2v) is 5.43. The number of hydrogen-bond donors (Lipinski definition) is 1. The van der Waals surface area contributed by atoms with Gasteiger partial charge < -0.3 is 5.32 Å². The number of halogens is 2. The van der Waals surface area contributed by atoms with Crippen molar-refractivity contribution in [3.8, 4) is 0 Å². The summed E-state index contributed by atoms with van der Waals surface area (Å²) in [6.07, 6.45) is 2.35. The maximum atomic E-state index is 13.8.